The Morgan fingerprint density at radius 2 is 2.07 bits per heavy atom. The summed E-state index contributed by atoms with van der Waals surface area (Å²) in [4.78, 5) is 16.6. The van der Waals surface area contributed by atoms with Gasteiger partial charge in [0.25, 0.3) is 5.22 Å². The van der Waals surface area contributed by atoms with Gasteiger partial charge in [-0.2, -0.15) is 0 Å². The van der Waals surface area contributed by atoms with Gasteiger partial charge in [0.2, 0.25) is 11.8 Å². The Kier molecular flexibility index (Phi) is 5.22. The quantitative estimate of drug-likeness (QED) is 0.471. The highest BCUT2D eigenvalue weighted by Gasteiger charge is 2.13. The molecule has 10 heteroatoms. The molecular weight excluding hydrogens is 403 g/mol. The Labute approximate surface area is 166 Å². The van der Waals surface area contributed by atoms with Gasteiger partial charge in [0.1, 0.15) is 11.6 Å². The molecule has 4 rings (SSSR count). The minimum Gasteiger partial charge on any atom is -0.497 e. The average Bonchev–Trinajstić information content (AvgIpc) is 3.32. The van der Waals surface area contributed by atoms with Crippen LogP contribution in [0.1, 0.15) is 0 Å². The number of methoxy groups -OCH3 is 1. The molecule has 2 aromatic carbocycles. The third-order valence-corrected chi connectivity index (χ3v) is 5.42. The number of hydrogen-bond acceptors (Lipinski definition) is 8. The number of benzene rings is 2. The van der Waals surface area contributed by atoms with E-state index in [1.54, 1.807) is 19.2 Å². The van der Waals surface area contributed by atoms with Crippen LogP contribution in [0.5, 0.6) is 5.75 Å². The monoisotopic (exact) mass is 416 g/mol. The lowest BCUT2D eigenvalue weighted by atomic mass is 10.2. The van der Waals surface area contributed by atoms with Crippen LogP contribution in [-0.4, -0.2) is 34.0 Å². The number of thioether (sulfide) groups is 1. The highest BCUT2D eigenvalue weighted by molar-refractivity contribution is 7.99. The average molecular weight is 416 g/mol. The van der Waals surface area contributed by atoms with Crippen molar-refractivity contribution in [3.8, 4) is 17.2 Å². The van der Waals surface area contributed by atoms with Gasteiger partial charge in [-0.25, -0.2) is 9.37 Å². The lowest BCUT2D eigenvalue weighted by Gasteiger charge is -1.98. The third kappa shape index (κ3) is 4.12. The maximum absolute atomic E-state index is 13.0. The van der Waals surface area contributed by atoms with Gasteiger partial charge in [-0.3, -0.25) is 4.79 Å². The van der Waals surface area contributed by atoms with Crippen LogP contribution in [0.25, 0.3) is 21.7 Å². The van der Waals surface area contributed by atoms with Gasteiger partial charge in [0.15, 0.2) is 5.13 Å². The number of nitrogens with zero attached hydrogens (tertiary/aromatic N) is 3. The molecule has 1 N–H and O–H groups in total. The number of rotatable bonds is 6. The third-order valence-electron chi connectivity index (χ3n) is 3.67. The van der Waals surface area contributed by atoms with Crippen molar-refractivity contribution in [2.75, 3.05) is 18.2 Å². The summed E-state index contributed by atoms with van der Waals surface area (Å²) in [5.74, 6) is 0.506. The molecule has 28 heavy (non-hydrogen) atoms. The summed E-state index contributed by atoms with van der Waals surface area (Å²) in [6, 6.07) is 11.2. The second-order valence-corrected chi connectivity index (χ2v) is 7.53. The topological polar surface area (TPSA) is 90.1 Å². The fourth-order valence-electron chi connectivity index (χ4n) is 2.35. The van der Waals surface area contributed by atoms with Crippen LogP contribution in [0, 0.1) is 5.82 Å². The van der Waals surface area contributed by atoms with Crippen molar-refractivity contribution < 1.29 is 18.3 Å². The highest BCUT2D eigenvalue weighted by Crippen LogP contribution is 2.29. The number of fused-ring (bicyclic) bond motifs is 1. The summed E-state index contributed by atoms with van der Waals surface area (Å²) >= 11 is 2.47. The zero-order valence-corrected chi connectivity index (χ0v) is 16.1. The Bertz CT molecular complexity index is 1130. The van der Waals surface area contributed by atoms with Crippen LogP contribution in [0.3, 0.4) is 0 Å². The number of carbonyl (C=O) groups excluding carboxylic acids is 1. The summed E-state index contributed by atoms with van der Waals surface area (Å²) in [5, 5.41) is 11.3. The van der Waals surface area contributed by atoms with Crippen LogP contribution in [0.4, 0.5) is 9.52 Å². The molecule has 0 saturated heterocycles. The van der Waals surface area contributed by atoms with Crippen molar-refractivity contribution in [2.24, 2.45) is 0 Å². The Balaban J connectivity index is 1.36. The molecule has 0 spiro atoms. The van der Waals surface area contributed by atoms with E-state index < -0.39 is 0 Å². The second-order valence-electron chi connectivity index (χ2n) is 5.57. The number of carbonyl (C=O) groups is 1. The van der Waals surface area contributed by atoms with Crippen molar-refractivity contribution in [2.45, 2.75) is 5.22 Å². The minimum atomic E-state index is -0.345. The van der Waals surface area contributed by atoms with Gasteiger partial charge >= 0.3 is 0 Å². The number of halogens is 1. The predicted octanol–water partition coefficient (Wildman–Crippen LogP) is 4.22. The number of aromatic nitrogens is 3. The first-order valence-corrected chi connectivity index (χ1v) is 9.87. The smallest absolute Gasteiger partial charge is 0.277 e. The molecule has 7 nitrogen and oxygen atoms in total. The molecule has 0 aliphatic carbocycles. The van der Waals surface area contributed by atoms with Crippen LogP contribution in [-0.2, 0) is 4.79 Å². The summed E-state index contributed by atoms with van der Waals surface area (Å²) in [5.41, 5.74) is 1.39. The van der Waals surface area contributed by atoms with Gasteiger partial charge in [-0.05, 0) is 42.5 Å². The highest BCUT2D eigenvalue weighted by atomic mass is 32.2. The number of hydrogen-bond donors (Lipinski definition) is 1. The van der Waals surface area contributed by atoms with Gasteiger partial charge in [-0.15, -0.1) is 10.2 Å². The van der Waals surface area contributed by atoms with Crippen molar-refractivity contribution in [1.82, 2.24) is 15.2 Å². The molecule has 0 fully saturated rings. The summed E-state index contributed by atoms with van der Waals surface area (Å²) in [7, 11) is 1.60. The van der Waals surface area contributed by atoms with E-state index in [9.17, 15) is 9.18 Å². The fourth-order valence-corrected chi connectivity index (χ4v) is 3.82. The van der Waals surface area contributed by atoms with E-state index in [4.69, 9.17) is 9.15 Å². The summed E-state index contributed by atoms with van der Waals surface area (Å²) in [6.07, 6.45) is 0. The maximum Gasteiger partial charge on any atom is 0.277 e. The minimum absolute atomic E-state index is 0.0876. The van der Waals surface area contributed by atoms with Crippen LogP contribution < -0.4 is 10.1 Å². The van der Waals surface area contributed by atoms with Gasteiger partial charge < -0.3 is 14.5 Å². The number of anilines is 1. The van der Waals surface area contributed by atoms with E-state index in [1.165, 1.54) is 23.5 Å². The molecule has 4 aromatic rings. The van der Waals surface area contributed by atoms with Gasteiger partial charge in [0, 0.05) is 5.56 Å². The molecule has 0 atom stereocenters. The number of ether oxygens (including phenoxy) is 1. The summed E-state index contributed by atoms with van der Waals surface area (Å²) in [6.45, 7) is 0. The largest absolute Gasteiger partial charge is 0.497 e. The standard InChI is InChI=1S/C18H13FN4O3S2/c1-25-12-6-7-13-14(8-12)28-17(20-13)21-15(24)9-27-18-23-22-16(26-18)10-2-4-11(19)5-3-10/h2-8H,9H2,1H3,(H,20,21,24). The number of amides is 1. The molecule has 0 saturated carbocycles. The predicted molar refractivity (Wildman–Crippen MR) is 105 cm³/mol. The number of thiazole rings is 1. The molecule has 0 aliphatic rings. The first-order chi connectivity index (χ1) is 13.6. The van der Waals surface area contributed by atoms with E-state index >= 15 is 0 Å². The number of nitrogens with one attached hydrogen (secondary N) is 1. The van der Waals surface area contributed by atoms with Crippen LogP contribution >= 0.6 is 23.1 Å². The normalized spacial score (nSPS) is 10.9. The molecule has 2 aromatic heterocycles. The molecule has 0 unspecified atom stereocenters. The van der Waals surface area contributed by atoms with E-state index in [0.717, 1.165) is 27.7 Å². The zero-order valence-electron chi connectivity index (χ0n) is 14.5. The van der Waals surface area contributed by atoms with Crippen molar-refractivity contribution in [3.05, 3.63) is 48.3 Å². The SMILES string of the molecule is COc1ccc2nc(NC(=O)CSc3nnc(-c4ccc(F)cc4)o3)sc2c1. The van der Waals surface area contributed by atoms with Crippen molar-refractivity contribution >= 4 is 44.4 Å². The second kappa shape index (κ2) is 7.95. The lowest BCUT2D eigenvalue weighted by molar-refractivity contribution is -0.113. The molecule has 0 bridgehead atoms. The Hall–Kier alpha value is -2.98. The van der Waals surface area contributed by atoms with E-state index in [2.05, 4.69) is 20.5 Å². The van der Waals surface area contributed by atoms with Gasteiger partial charge in [-0.1, -0.05) is 23.1 Å². The molecule has 0 radical (unpaired) electrons. The van der Waals surface area contributed by atoms with E-state index in [0.29, 0.717) is 10.7 Å². The molecule has 2 heterocycles. The molecular formula is C18H13FN4O3S2. The first kappa shape index (κ1) is 18.4. The molecule has 1 amide bonds. The van der Waals surface area contributed by atoms with Crippen molar-refractivity contribution in [1.29, 1.82) is 0 Å². The van der Waals surface area contributed by atoms with Crippen LogP contribution in [0.15, 0.2) is 52.1 Å². The Morgan fingerprint density at radius 1 is 1.25 bits per heavy atom. The van der Waals surface area contributed by atoms with Crippen molar-refractivity contribution in [3.63, 3.8) is 0 Å². The van der Waals surface area contributed by atoms with E-state index in [1.807, 2.05) is 18.2 Å². The van der Waals surface area contributed by atoms with Crippen LogP contribution in [0.2, 0.25) is 0 Å². The Morgan fingerprint density at radius 3 is 2.86 bits per heavy atom. The maximum atomic E-state index is 13.0. The zero-order chi connectivity index (χ0) is 19.5. The lowest BCUT2D eigenvalue weighted by Crippen LogP contribution is -2.13. The first-order valence-electron chi connectivity index (χ1n) is 8.07. The van der Waals surface area contributed by atoms with Gasteiger partial charge in [0.05, 0.1) is 23.1 Å². The fraction of sp³-hybridized carbons (Fsp3) is 0.111. The molecule has 0 aliphatic heterocycles. The van der Waals surface area contributed by atoms with E-state index in [-0.39, 0.29) is 28.6 Å². The summed E-state index contributed by atoms with van der Waals surface area (Å²) < 4.78 is 24.6. The molecule has 142 valence electrons.